The predicted molar refractivity (Wildman–Crippen MR) is 48.9 cm³/mol. The van der Waals surface area contributed by atoms with Crippen molar-refractivity contribution >= 4 is 0 Å². The number of halogens is 3. The average molecular weight is 203 g/mol. The van der Waals surface area contributed by atoms with Crippen molar-refractivity contribution in [1.29, 1.82) is 0 Å². The van der Waals surface area contributed by atoms with Crippen molar-refractivity contribution < 1.29 is 13.2 Å². The molecule has 0 amide bonds. The number of hydrogen-bond donors (Lipinski definition) is 1. The molecule has 0 heterocycles. The molecule has 0 aliphatic carbocycles. The van der Waals surface area contributed by atoms with Crippen LogP contribution in [0.1, 0.15) is 11.1 Å². The third kappa shape index (κ3) is 3.03. The van der Waals surface area contributed by atoms with E-state index in [9.17, 15) is 13.2 Å². The van der Waals surface area contributed by atoms with Gasteiger partial charge in [-0.15, -0.1) is 0 Å². The summed E-state index contributed by atoms with van der Waals surface area (Å²) in [6.07, 6.45) is -4.48. The van der Waals surface area contributed by atoms with Gasteiger partial charge in [0, 0.05) is 0 Å². The zero-order chi connectivity index (χ0) is 10.8. The van der Waals surface area contributed by atoms with Crippen LogP contribution in [-0.2, 0) is 6.42 Å². The maximum Gasteiger partial charge on any atom is 0.403 e. The number of rotatable bonds is 2. The van der Waals surface area contributed by atoms with Gasteiger partial charge in [0.2, 0.25) is 0 Å². The Labute approximate surface area is 80.7 Å². The molecule has 0 saturated carbocycles. The smallest absolute Gasteiger partial charge is 0.320 e. The van der Waals surface area contributed by atoms with Crippen molar-refractivity contribution in [2.75, 3.05) is 0 Å². The summed E-state index contributed by atoms with van der Waals surface area (Å²) in [6.45, 7) is 1.88. The first kappa shape index (κ1) is 11.0. The van der Waals surface area contributed by atoms with Crippen molar-refractivity contribution in [2.24, 2.45) is 5.73 Å². The average Bonchev–Trinajstić information content (AvgIpc) is 2.07. The molecule has 1 rings (SSSR count). The zero-order valence-electron chi connectivity index (χ0n) is 7.81. The molecule has 0 saturated heterocycles. The van der Waals surface area contributed by atoms with Gasteiger partial charge in [0.15, 0.2) is 0 Å². The minimum Gasteiger partial charge on any atom is -0.320 e. The van der Waals surface area contributed by atoms with Crippen molar-refractivity contribution in [3.8, 4) is 0 Å². The molecule has 0 aliphatic rings. The monoisotopic (exact) mass is 203 g/mol. The van der Waals surface area contributed by atoms with Crippen LogP contribution in [0.4, 0.5) is 13.2 Å². The standard InChI is InChI=1S/C10H12F3N/c1-7-2-4-8(5-3-7)6-9(14)10(11,12)13/h2-5,9H,6,14H2,1H3. The second-order valence-corrected chi connectivity index (χ2v) is 3.34. The Hall–Kier alpha value is -1.03. The summed E-state index contributed by atoms with van der Waals surface area (Å²) in [4.78, 5) is 0. The largest absolute Gasteiger partial charge is 0.403 e. The molecule has 4 heteroatoms. The molecular formula is C10H12F3N. The van der Waals surface area contributed by atoms with Gasteiger partial charge < -0.3 is 5.73 Å². The SMILES string of the molecule is Cc1ccc(CC(N)C(F)(F)F)cc1. The van der Waals surface area contributed by atoms with Crippen LogP contribution in [-0.4, -0.2) is 12.2 Å². The molecule has 1 aromatic rings. The van der Waals surface area contributed by atoms with E-state index in [1.807, 2.05) is 6.92 Å². The van der Waals surface area contributed by atoms with Crippen molar-refractivity contribution in [3.63, 3.8) is 0 Å². The minimum atomic E-state index is -4.31. The molecule has 0 aliphatic heterocycles. The lowest BCUT2D eigenvalue weighted by molar-refractivity contribution is -0.147. The highest BCUT2D eigenvalue weighted by Gasteiger charge is 2.36. The Morgan fingerprint density at radius 2 is 1.71 bits per heavy atom. The van der Waals surface area contributed by atoms with E-state index in [4.69, 9.17) is 5.73 Å². The second kappa shape index (κ2) is 4.00. The lowest BCUT2D eigenvalue weighted by Crippen LogP contribution is -2.39. The third-order valence-corrected chi connectivity index (χ3v) is 2.00. The fourth-order valence-electron chi connectivity index (χ4n) is 1.09. The Kier molecular flexibility index (Phi) is 3.16. The second-order valence-electron chi connectivity index (χ2n) is 3.34. The van der Waals surface area contributed by atoms with E-state index in [0.29, 0.717) is 5.56 Å². The van der Waals surface area contributed by atoms with E-state index in [-0.39, 0.29) is 6.42 Å². The molecule has 14 heavy (non-hydrogen) atoms. The van der Waals surface area contributed by atoms with E-state index >= 15 is 0 Å². The topological polar surface area (TPSA) is 26.0 Å². The van der Waals surface area contributed by atoms with Gasteiger partial charge in [-0.2, -0.15) is 13.2 Å². The number of nitrogens with two attached hydrogens (primary N) is 1. The van der Waals surface area contributed by atoms with Crippen LogP contribution in [0.2, 0.25) is 0 Å². The van der Waals surface area contributed by atoms with Gasteiger partial charge in [0.1, 0.15) is 6.04 Å². The van der Waals surface area contributed by atoms with Gasteiger partial charge in [0.25, 0.3) is 0 Å². The summed E-state index contributed by atoms with van der Waals surface area (Å²) < 4.78 is 36.3. The van der Waals surface area contributed by atoms with Gasteiger partial charge in [0.05, 0.1) is 0 Å². The van der Waals surface area contributed by atoms with E-state index in [1.54, 1.807) is 24.3 Å². The highest BCUT2D eigenvalue weighted by molar-refractivity contribution is 5.22. The van der Waals surface area contributed by atoms with Crippen LogP contribution in [0.15, 0.2) is 24.3 Å². The van der Waals surface area contributed by atoms with Gasteiger partial charge >= 0.3 is 6.18 Å². The molecule has 1 unspecified atom stereocenters. The summed E-state index contributed by atoms with van der Waals surface area (Å²) in [5, 5.41) is 0. The van der Waals surface area contributed by atoms with Crippen LogP contribution < -0.4 is 5.73 Å². The first-order valence-electron chi connectivity index (χ1n) is 4.27. The Bertz CT molecular complexity index is 289. The minimum absolute atomic E-state index is 0.163. The third-order valence-electron chi connectivity index (χ3n) is 2.00. The quantitative estimate of drug-likeness (QED) is 0.784. The van der Waals surface area contributed by atoms with E-state index < -0.39 is 12.2 Å². The van der Waals surface area contributed by atoms with Gasteiger partial charge in [-0.25, -0.2) is 0 Å². The van der Waals surface area contributed by atoms with E-state index in [2.05, 4.69) is 0 Å². The van der Waals surface area contributed by atoms with Crippen LogP contribution >= 0.6 is 0 Å². The highest BCUT2D eigenvalue weighted by Crippen LogP contribution is 2.21. The number of aryl methyl sites for hydroxylation is 1. The maximum absolute atomic E-state index is 12.1. The summed E-state index contributed by atoms with van der Waals surface area (Å²) in [5.41, 5.74) is 6.63. The number of benzene rings is 1. The molecule has 0 fully saturated rings. The van der Waals surface area contributed by atoms with Gasteiger partial charge in [-0.05, 0) is 18.9 Å². The van der Waals surface area contributed by atoms with Crippen LogP contribution in [0, 0.1) is 6.92 Å². The lowest BCUT2D eigenvalue weighted by atomic mass is 10.1. The molecule has 0 radical (unpaired) electrons. The number of hydrogen-bond acceptors (Lipinski definition) is 1. The fraction of sp³-hybridized carbons (Fsp3) is 0.400. The fourth-order valence-corrected chi connectivity index (χ4v) is 1.09. The van der Waals surface area contributed by atoms with Crippen LogP contribution in [0.5, 0.6) is 0 Å². The van der Waals surface area contributed by atoms with Crippen molar-refractivity contribution in [1.82, 2.24) is 0 Å². The highest BCUT2D eigenvalue weighted by atomic mass is 19.4. The first-order chi connectivity index (χ1) is 6.39. The normalized spacial score (nSPS) is 14.1. The van der Waals surface area contributed by atoms with E-state index in [0.717, 1.165) is 5.56 Å². The predicted octanol–water partition coefficient (Wildman–Crippen LogP) is 2.43. The molecule has 0 spiro atoms. The molecular weight excluding hydrogens is 191 g/mol. The van der Waals surface area contributed by atoms with Gasteiger partial charge in [-0.3, -0.25) is 0 Å². The molecule has 1 atom stereocenters. The molecule has 0 aromatic heterocycles. The lowest BCUT2D eigenvalue weighted by Gasteiger charge is -2.15. The van der Waals surface area contributed by atoms with Crippen molar-refractivity contribution in [3.05, 3.63) is 35.4 Å². The Morgan fingerprint density at radius 3 is 2.14 bits per heavy atom. The first-order valence-corrected chi connectivity index (χ1v) is 4.27. The summed E-state index contributed by atoms with van der Waals surface area (Å²) in [6, 6.07) is 5.11. The Morgan fingerprint density at radius 1 is 1.21 bits per heavy atom. The molecule has 78 valence electrons. The molecule has 2 N–H and O–H groups in total. The van der Waals surface area contributed by atoms with Crippen LogP contribution in [0.3, 0.4) is 0 Å². The molecule has 1 nitrogen and oxygen atoms in total. The number of alkyl halides is 3. The van der Waals surface area contributed by atoms with Crippen LogP contribution in [0.25, 0.3) is 0 Å². The zero-order valence-corrected chi connectivity index (χ0v) is 7.81. The molecule has 1 aromatic carbocycles. The van der Waals surface area contributed by atoms with Gasteiger partial charge in [-0.1, -0.05) is 29.8 Å². The summed E-state index contributed by atoms with van der Waals surface area (Å²) in [5.74, 6) is 0. The molecule has 0 bridgehead atoms. The summed E-state index contributed by atoms with van der Waals surface area (Å²) in [7, 11) is 0. The van der Waals surface area contributed by atoms with Crippen molar-refractivity contribution in [2.45, 2.75) is 25.6 Å². The van der Waals surface area contributed by atoms with E-state index in [1.165, 1.54) is 0 Å². The summed E-state index contributed by atoms with van der Waals surface area (Å²) >= 11 is 0. The maximum atomic E-state index is 12.1. The Balaban J connectivity index is 2.65.